The van der Waals surface area contributed by atoms with Crippen molar-refractivity contribution in [3.63, 3.8) is 0 Å². The fraction of sp³-hybridized carbons (Fsp3) is 0.321. The van der Waals surface area contributed by atoms with Gasteiger partial charge in [0.05, 0.1) is 11.8 Å². The van der Waals surface area contributed by atoms with Crippen LogP contribution in [0.4, 0.5) is 45.6 Å². The molecule has 10 nitrogen and oxygen atoms in total. The first kappa shape index (κ1) is 33.5. The monoisotopic (exact) mass is 727 g/mol. The Hall–Kier alpha value is -4.45. The van der Waals surface area contributed by atoms with Crippen LogP contribution in [0.1, 0.15) is 24.3 Å². The number of urea groups is 1. The molecule has 48 heavy (non-hydrogen) atoms. The number of likely N-dealkylation sites (tertiary alicyclic amines) is 1. The number of hydrogen-bond donors (Lipinski definition) is 2. The van der Waals surface area contributed by atoms with E-state index in [9.17, 15) is 55.4 Å². The van der Waals surface area contributed by atoms with E-state index in [-0.39, 0.29) is 10.5 Å². The first-order valence-corrected chi connectivity index (χ1v) is 14.2. The number of anilines is 1. The van der Waals surface area contributed by atoms with Crippen LogP contribution in [0.15, 0.2) is 29.8 Å². The van der Waals surface area contributed by atoms with Crippen LogP contribution in [0.25, 0.3) is 0 Å². The molecular weight excluding hydrogens is 713 g/mol. The molecule has 2 aromatic rings. The van der Waals surface area contributed by atoms with Gasteiger partial charge in [0.25, 0.3) is 11.8 Å². The maximum atomic E-state index is 15.0. The third-order valence-corrected chi connectivity index (χ3v) is 10.4. The molecule has 2 aliphatic carbocycles. The van der Waals surface area contributed by atoms with Crippen molar-refractivity contribution in [3.8, 4) is 11.5 Å². The number of aromatic hydroxyl groups is 1. The number of phenolic OH excluding ortho intramolecular Hbond substituents is 1. The lowest BCUT2D eigenvalue weighted by atomic mass is 9.56. The molecule has 20 heteroatoms. The molecule has 6 rings (SSSR count). The Morgan fingerprint density at radius 1 is 0.917 bits per heavy atom. The van der Waals surface area contributed by atoms with Gasteiger partial charge in [0, 0.05) is 11.5 Å². The Kier molecular flexibility index (Phi) is 7.33. The molecule has 4 aliphatic rings. The number of primary amides is 1. The Morgan fingerprint density at radius 2 is 1.50 bits per heavy atom. The number of alkyl halides is 5. The maximum absolute atomic E-state index is 15.0. The Balaban J connectivity index is 1.63. The van der Waals surface area contributed by atoms with Crippen molar-refractivity contribution in [2.45, 2.75) is 34.9 Å². The minimum Gasteiger partial charge on any atom is -0.508 e. The number of carbonyl (C=O) groups is 5. The third kappa shape index (κ3) is 4.27. The summed E-state index contributed by atoms with van der Waals surface area (Å²) in [5.74, 6) is -27.7. The van der Waals surface area contributed by atoms with E-state index < -0.39 is 139 Å². The van der Waals surface area contributed by atoms with Gasteiger partial charge in [0.15, 0.2) is 33.0 Å². The summed E-state index contributed by atoms with van der Waals surface area (Å²) in [4.78, 5) is 60.0. The highest BCUT2D eigenvalue weighted by atomic mass is 35.5. The Morgan fingerprint density at radius 3 is 2.06 bits per heavy atom. The van der Waals surface area contributed by atoms with Gasteiger partial charge in [-0.2, -0.15) is 4.90 Å². The average molecular weight is 728 g/mol. The molecule has 6 amide bonds. The first-order valence-electron chi connectivity index (χ1n) is 13.4. The maximum Gasteiger partial charge on any atom is 0.573 e. The molecule has 2 saturated heterocycles. The number of ether oxygens (including phenoxy) is 1. The minimum atomic E-state index is -5.31. The number of nitrogens with zero attached hydrogens (tertiary/aromatic N) is 2. The third-order valence-electron chi connectivity index (χ3n) is 8.99. The van der Waals surface area contributed by atoms with Crippen LogP contribution < -0.4 is 15.4 Å². The fourth-order valence-corrected chi connectivity index (χ4v) is 8.02. The number of imide groups is 4. The highest BCUT2D eigenvalue weighted by Gasteiger charge is 2.77. The molecule has 2 aromatic carbocycles. The van der Waals surface area contributed by atoms with Crippen molar-refractivity contribution in [1.82, 2.24) is 4.90 Å². The topological polar surface area (TPSA) is 147 Å². The van der Waals surface area contributed by atoms with Crippen LogP contribution in [0.3, 0.4) is 0 Å². The van der Waals surface area contributed by atoms with Gasteiger partial charge in [-0.3, -0.25) is 19.2 Å². The lowest BCUT2D eigenvalue weighted by Gasteiger charge is -2.50. The lowest BCUT2D eigenvalue weighted by Crippen LogP contribution is -2.60. The normalized spacial score (nSPS) is 29.9. The Bertz CT molecular complexity index is 1900. The van der Waals surface area contributed by atoms with Crippen LogP contribution >= 0.6 is 23.2 Å². The molecule has 2 heterocycles. The lowest BCUT2D eigenvalue weighted by molar-refractivity contribution is -0.274. The van der Waals surface area contributed by atoms with Gasteiger partial charge in [0.2, 0.25) is 17.6 Å². The zero-order chi connectivity index (χ0) is 35.6. The number of carbonyl (C=O) groups excluding carboxylic acids is 5. The number of benzene rings is 2. The highest BCUT2D eigenvalue weighted by molar-refractivity contribution is 6.58. The van der Waals surface area contributed by atoms with Crippen LogP contribution in [-0.4, -0.2) is 55.8 Å². The molecule has 2 aliphatic heterocycles. The smallest absolute Gasteiger partial charge is 0.508 e. The van der Waals surface area contributed by atoms with Gasteiger partial charge in [-0.1, -0.05) is 11.6 Å². The fourth-order valence-electron chi connectivity index (χ4n) is 7.09. The van der Waals surface area contributed by atoms with E-state index in [0.717, 1.165) is 0 Å². The van der Waals surface area contributed by atoms with Gasteiger partial charge in [-0.25, -0.2) is 31.6 Å². The summed E-state index contributed by atoms with van der Waals surface area (Å²) in [5, 5.41) is 10.9. The quantitative estimate of drug-likeness (QED) is 0.117. The second-order valence-electron chi connectivity index (χ2n) is 11.3. The Labute approximate surface area is 271 Å². The van der Waals surface area contributed by atoms with Crippen molar-refractivity contribution >= 4 is 58.5 Å². The number of fused-ring (bicyclic) bond motifs is 4. The van der Waals surface area contributed by atoms with Gasteiger partial charge in [0.1, 0.15) is 17.2 Å². The molecule has 0 aromatic heterocycles. The molecule has 0 radical (unpaired) electrons. The van der Waals surface area contributed by atoms with Crippen LogP contribution in [-0.2, 0) is 19.2 Å². The van der Waals surface area contributed by atoms with Crippen molar-refractivity contribution in [2.75, 3.05) is 4.90 Å². The summed E-state index contributed by atoms with van der Waals surface area (Å²) in [7, 11) is 0. The minimum absolute atomic E-state index is 0.0998. The molecule has 0 bridgehead atoms. The van der Waals surface area contributed by atoms with E-state index in [2.05, 4.69) is 4.74 Å². The van der Waals surface area contributed by atoms with Gasteiger partial charge < -0.3 is 15.6 Å². The van der Waals surface area contributed by atoms with Crippen molar-refractivity contribution in [1.29, 1.82) is 0 Å². The van der Waals surface area contributed by atoms with Crippen LogP contribution in [0, 0.1) is 46.8 Å². The number of rotatable bonds is 3. The second-order valence-corrected chi connectivity index (χ2v) is 12.6. The standard InChI is InChI=1S/C28H15Cl2F8N3O7/c29-26-6-11-8(2-3-9-13(11)22(44)41(21(9)43)25(39)47)14(10-5-7(1-4-12(10)42)48-28(36,37)38)27(26,30)24(46)40(23(26)45)20-18(34)16(32)15(31)17(33)19(20)35/h1-2,4-5,9,11,13-14,42H,3,6H2,(H2,39,47)/t9-,11+,13-,14+,26+,27-/m0/s1. The van der Waals surface area contributed by atoms with Crippen molar-refractivity contribution < 1.29 is 68.9 Å². The number of halogens is 10. The number of phenols is 1. The molecular formula is C28H15Cl2F8N3O7. The number of amides is 6. The van der Waals surface area contributed by atoms with Crippen LogP contribution in [0.5, 0.6) is 11.5 Å². The predicted molar refractivity (Wildman–Crippen MR) is 143 cm³/mol. The van der Waals surface area contributed by atoms with Gasteiger partial charge >= 0.3 is 12.4 Å². The van der Waals surface area contributed by atoms with E-state index in [1.54, 1.807) is 0 Å². The molecule has 0 spiro atoms. The summed E-state index contributed by atoms with van der Waals surface area (Å²) >= 11 is 13.7. The second kappa shape index (κ2) is 10.5. The summed E-state index contributed by atoms with van der Waals surface area (Å²) < 4.78 is 116. The first-order chi connectivity index (χ1) is 22.2. The van der Waals surface area contributed by atoms with Gasteiger partial charge in [-0.05, 0) is 37.0 Å². The zero-order valence-electron chi connectivity index (χ0n) is 23.2. The summed E-state index contributed by atoms with van der Waals surface area (Å²) in [6.07, 6.45) is -5.50. The van der Waals surface area contributed by atoms with Gasteiger partial charge in [-0.15, -0.1) is 36.4 Å². The van der Waals surface area contributed by atoms with E-state index in [0.29, 0.717) is 18.2 Å². The zero-order valence-corrected chi connectivity index (χ0v) is 24.7. The highest BCUT2D eigenvalue weighted by Crippen LogP contribution is 2.67. The van der Waals surface area contributed by atoms with E-state index in [1.165, 1.54) is 6.08 Å². The molecule has 1 saturated carbocycles. The van der Waals surface area contributed by atoms with Crippen molar-refractivity contribution in [3.05, 3.63) is 64.5 Å². The number of hydrogen-bond acceptors (Lipinski definition) is 7. The SMILES string of the molecule is NC(=O)N1C(=O)[C@H]2[C@H](CC=C3[C@H]2C[C@@]2(Cl)C(=O)N(c4c(F)c(F)c(F)c(F)c4F)C(=O)[C@@]2(Cl)[C@H]3c2cc(OC(F)(F)F)ccc2O)C1=O. The largest absolute Gasteiger partial charge is 0.573 e. The van der Waals surface area contributed by atoms with Crippen LogP contribution in [0.2, 0.25) is 0 Å². The molecule has 3 fully saturated rings. The summed E-state index contributed by atoms with van der Waals surface area (Å²) in [6.45, 7) is 0. The summed E-state index contributed by atoms with van der Waals surface area (Å²) in [5.41, 5.74) is 2.17. The van der Waals surface area contributed by atoms with Crippen molar-refractivity contribution in [2.24, 2.45) is 23.5 Å². The average Bonchev–Trinajstić information content (AvgIpc) is 3.34. The molecule has 3 N–H and O–H groups in total. The van der Waals surface area contributed by atoms with E-state index >= 15 is 8.78 Å². The number of nitrogens with two attached hydrogens (primary N) is 1. The summed E-state index contributed by atoms with van der Waals surface area (Å²) in [6, 6.07) is 0.337. The molecule has 0 unspecified atom stereocenters. The van der Waals surface area contributed by atoms with E-state index in [4.69, 9.17) is 28.9 Å². The number of allylic oxidation sites excluding steroid dienone is 2. The molecule has 254 valence electrons. The van der Waals surface area contributed by atoms with E-state index in [1.807, 2.05) is 0 Å². The molecule has 6 atom stereocenters. The predicted octanol–water partition coefficient (Wildman–Crippen LogP) is 4.63.